The van der Waals surface area contributed by atoms with Gasteiger partial charge >= 0.3 is 0 Å². The summed E-state index contributed by atoms with van der Waals surface area (Å²) in [5.74, 6) is 1.15. The zero-order valence-corrected chi connectivity index (χ0v) is 11.5. The summed E-state index contributed by atoms with van der Waals surface area (Å²) in [6.45, 7) is 11.0. The maximum absolute atomic E-state index is 5.69. The van der Waals surface area contributed by atoms with Gasteiger partial charge in [-0.1, -0.05) is 20.8 Å². The van der Waals surface area contributed by atoms with Crippen LogP contribution in [0.15, 0.2) is 12.1 Å². The van der Waals surface area contributed by atoms with Gasteiger partial charge in [-0.3, -0.25) is 0 Å². The van der Waals surface area contributed by atoms with E-state index < -0.39 is 0 Å². The van der Waals surface area contributed by atoms with E-state index in [-0.39, 0.29) is 11.0 Å². The fourth-order valence-corrected chi connectivity index (χ4v) is 2.27. The second kappa shape index (κ2) is 4.43. The molecule has 1 heterocycles. The van der Waals surface area contributed by atoms with E-state index in [1.807, 2.05) is 6.07 Å². The lowest BCUT2D eigenvalue weighted by Gasteiger charge is -2.33. The van der Waals surface area contributed by atoms with Gasteiger partial charge in [0.05, 0.1) is 5.69 Å². The molecule has 0 aliphatic heterocycles. The number of nitrogens with two attached hydrogens (primary N) is 2. The van der Waals surface area contributed by atoms with E-state index in [9.17, 15) is 0 Å². The lowest BCUT2D eigenvalue weighted by molar-refractivity contribution is 0.302. The molecule has 0 bridgehead atoms. The van der Waals surface area contributed by atoms with Crippen molar-refractivity contribution in [3.05, 3.63) is 12.1 Å². The minimum atomic E-state index is -0.0339. The minimum Gasteiger partial charge on any atom is -0.396 e. The molecule has 1 aromatic heterocycles. The van der Waals surface area contributed by atoms with Crippen LogP contribution in [0.5, 0.6) is 0 Å². The summed E-state index contributed by atoms with van der Waals surface area (Å²) in [7, 11) is 0. The van der Waals surface area contributed by atoms with Gasteiger partial charge in [-0.25, -0.2) is 4.98 Å². The number of anilines is 3. The van der Waals surface area contributed by atoms with Crippen LogP contribution in [-0.4, -0.2) is 10.5 Å². The van der Waals surface area contributed by atoms with Crippen LogP contribution in [0.3, 0.4) is 0 Å². The highest BCUT2D eigenvalue weighted by Crippen LogP contribution is 2.29. The molecule has 0 spiro atoms. The van der Waals surface area contributed by atoms with E-state index in [1.165, 1.54) is 0 Å². The van der Waals surface area contributed by atoms with Gasteiger partial charge in [-0.05, 0) is 37.8 Å². The van der Waals surface area contributed by atoms with Crippen molar-refractivity contribution in [2.45, 2.75) is 46.6 Å². The zero-order chi connectivity index (χ0) is 13.3. The van der Waals surface area contributed by atoms with Crippen molar-refractivity contribution >= 4 is 17.3 Å². The molecule has 4 heteroatoms. The number of pyridine rings is 1. The number of hydrogen-bond acceptors (Lipinski definition) is 4. The Bertz CT molecular complexity index is 391. The van der Waals surface area contributed by atoms with E-state index in [0.717, 1.165) is 12.2 Å². The monoisotopic (exact) mass is 236 g/mol. The van der Waals surface area contributed by atoms with Gasteiger partial charge in [0.2, 0.25) is 0 Å². The molecule has 0 saturated heterocycles. The number of rotatable bonds is 3. The predicted octanol–water partition coefficient (Wildman–Crippen LogP) is 2.87. The topological polar surface area (TPSA) is 77.0 Å². The van der Waals surface area contributed by atoms with Crippen molar-refractivity contribution in [3.63, 3.8) is 0 Å². The van der Waals surface area contributed by atoms with Gasteiger partial charge in [-0.15, -0.1) is 0 Å². The van der Waals surface area contributed by atoms with Crippen molar-refractivity contribution < 1.29 is 0 Å². The van der Waals surface area contributed by atoms with E-state index in [4.69, 9.17) is 11.5 Å². The van der Waals surface area contributed by atoms with Crippen molar-refractivity contribution in [1.82, 2.24) is 4.98 Å². The Hall–Kier alpha value is -1.45. The van der Waals surface area contributed by atoms with Gasteiger partial charge in [0, 0.05) is 5.54 Å². The molecule has 5 N–H and O–H groups in total. The van der Waals surface area contributed by atoms with Crippen LogP contribution < -0.4 is 16.8 Å². The van der Waals surface area contributed by atoms with Crippen molar-refractivity contribution in [2.24, 2.45) is 5.41 Å². The highest BCUT2D eigenvalue weighted by atomic mass is 15.1. The van der Waals surface area contributed by atoms with Gasteiger partial charge in [0.15, 0.2) is 0 Å². The first-order valence-electron chi connectivity index (χ1n) is 5.89. The molecular weight excluding hydrogens is 212 g/mol. The van der Waals surface area contributed by atoms with E-state index in [0.29, 0.717) is 11.5 Å². The van der Waals surface area contributed by atoms with Crippen LogP contribution in [0.2, 0.25) is 0 Å². The second-order valence-electron chi connectivity index (χ2n) is 6.42. The highest BCUT2D eigenvalue weighted by molar-refractivity contribution is 5.61. The first kappa shape index (κ1) is 13.6. The van der Waals surface area contributed by atoms with Gasteiger partial charge in [0.1, 0.15) is 11.6 Å². The molecular formula is C13H24N4. The van der Waals surface area contributed by atoms with Crippen LogP contribution in [0.1, 0.15) is 41.0 Å². The Morgan fingerprint density at radius 2 is 1.71 bits per heavy atom. The molecule has 0 radical (unpaired) electrons. The van der Waals surface area contributed by atoms with E-state index in [1.54, 1.807) is 6.07 Å². The summed E-state index contributed by atoms with van der Waals surface area (Å²) in [5, 5.41) is 3.40. The summed E-state index contributed by atoms with van der Waals surface area (Å²) in [6.07, 6.45) is 1.03. The number of nitrogen functional groups attached to an aromatic ring is 2. The average Bonchev–Trinajstić information content (AvgIpc) is 2.06. The minimum absolute atomic E-state index is 0.0339. The molecule has 0 atom stereocenters. The molecule has 0 unspecified atom stereocenters. The van der Waals surface area contributed by atoms with Crippen LogP contribution in [0.25, 0.3) is 0 Å². The predicted molar refractivity (Wildman–Crippen MR) is 74.8 cm³/mol. The maximum atomic E-state index is 5.69. The number of hydrogen-bond donors (Lipinski definition) is 3. The van der Waals surface area contributed by atoms with E-state index >= 15 is 0 Å². The highest BCUT2D eigenvalue weighted by Gasteiger charge is 2.25. The first-order chi connectivity index (χ1) is 7.59. The fraction of sp³-hybridized carbons (Fsp3) is 0.615. The average molecular weight is 236 g/mol. The quantitative estimate of drug-likeness (QED) is 0.754. The largest absolute Gasteiger partial charge is 0.396 e. The molecule has 0 amide bonds. The molecule has 0 saturated carbocycles. The molecule has 0 aliphatic rings. The Kier molecular flexibility index (Phi) is 3.55. The molecule has 1 rings (SSSR count). The summed E-state index contributed by atoms with van der Waals surface area (Å²) < 4.78 is 0. The van der Waals surface area contributed by atoms with Crippen molar-refractivity contribution in [3.8, 4) is 0 Å². The van der Waals surface area contributed by atoms with Crippen molar-refractivity contribution in [2.75, 3.05) is 16.8 Å². The molecule has 4 nitrogen and oxygen atoms in total. The molecule has 0 aliphatic carbocycles. The molecule has 0 aromatic carbocycles. The zero-order valence-electron chi connectivity index (χ0n) is 11.5. The molecule has 1 aromatic rings. The van der Waals surface area contributed by atoms with Crippen LogP contribution in [0.4, 0.5) is 17.3 Å². The standard InChI is InChI=1S/C13H24N4/c1-12(2,3)8-13(4,5)17-10-7-6-9(14)11(15)16-10/h6-7H,8,14H2,1-5H3,(H3,15,16,17). The molecule has 96 valence electrons. The summed E-state index contributed by atoms with van der Waals surface area (Å²) >= 11 is 0. The Labute approximate surface area is 104 Å². The third kappa shape index (κ3) is 4.51. The van der Waals surface area contributed by atoms with Gasteiger partial charge in [0.25, 0.3) is 0 Å². The van der Waals surface area contributed by atoms with Gasteiger partial charge < -0.3 is 16.8 Å². The Balaban J connectivity index is 2.79. The number of nitrogens with zero attached hydrogens (tertiary/aromatic N) is 1. The fourth-order valence-electron chi connectivity index (χ4n) is 2.27. The number of aromatic nitrogens is 1. The Morgan fingerprint density at radius 1 is 1.12 bits per heavy atom. The van der Waals surface area contributed by atoms with E-state index in [2.05, 4.69) is 44.9 Å². The van der Waals surface area contributed by atoms with Crippen molar-refractivity contribution in [1.29, 1.82) is 0 Å². The van der Waals surface area contributed by atoms with Crippen LogP contribution in [-0.2, 0) is 0 Å². The first-order valence-corrected chi connectivity index (χ1v) is 5.89. The lowest BCUT2D eigenvalue weighted by atomic mass is 9.82. The smallest absolute Gasteiger partial charge is 0.149 e. The third-order valence-electron chi connectivity index (χ3n) is 2.40. The molecule has 0 fully saturated rings. The number of nitrogens with one attached hydrogen (secondary N) is 1. The van der Waals surface area contributed by atoms with Gasteiger partial charge in [-0.2, -0.15) is 0 Å². The maximum Gasteiger partial charge on any atom is 0.149 e. The lowest BCUT2D eigenvalue weighted by Crippen LogP contribution is -2.35. The third-order valence-corrected chi connectivity index (χ3v) is 2.40. The summed E-state index contributed by atoms with van der Waals surface area (Å²) in [5.41, 5.74) is 12.1. The van der Waals surface area contributed by atoms with Crippen LogP contribution >= 0.6 is 0 Å². The summed E-state index contributed by atoms with van der Waals surface area (Å²) in [4.78, 5) is 4.23. The molecule has 17 heavy (non-hydrogen) atoms. The SMILES string of the molecule is CC(C)(C)CC(C)(C)Nc1ccc(N)c(N)n1. The Morgan fingerprint density at radius 3 is 2.18 bits per heavy atom. The second-order valence-corrected chi connectivity index (χ2v) is 6.42. The normalized spacial score (nSPS) is 12.5. The van der Waals surface area contributed by atoms with Crippen LogP contribution in [0, 0.1) is 5.41 Å². The summed E-state index contributed by atoms with van der Waals surface area (Å²) in [6, 6.07) is 3.63.